The number of esters is 1. The maximum atomic E-state index is 13.9. The monoisotopic (exact) mass is 533 g/mol. The van der Waals surface area contributed by atoms with Gasteiger partial charge in [-0.15, -0.1) is 11.8 Å². The minimum atomic E-state index is -0.601. The van der Waals surface area contributed by atoms with Gasteiger partial charge in [-0.2, -0.15) is 0 Å². The number of thioether (sulfide) groups is 1. The summed E-state index contributed by atoms with van der Waals surface area (Å²) in [6.45, 7) is 1.90. The SMILES string of the molecule is COc1ccc([C@@H]2CC(=O)C3=C(C2)N=C(C)C(C(=O)OC2CCCC2)[C@@H]3c2ccc(SC)cc2)cc1OC. The van der Waals surface area contributed by atoms with Crippen molar-refractivity contribution in [2.75, 3.05) is 20.5 Å². The summed E-state index contributed by atoms with van der Waals surface area (Å²) in [5, 5.41) is 0. The molecule has 38 heavy (non-hydrogen) atoms. The van der Waals surface area contributed by atoms with E-state index in [1.54, 1.807) is 26.0 Å². The summed E-state index contributed by atoms with van der Waals surface area (Å²) in [5.74, 6) is 0.0453. The number of aliphatic imine (C=N–C) groups is 1. The number of carbonyl (C=O) groups excluding carboxylic acids is 2. The second kappa shape index (κ2) is 11.4. The predicted molar refractivity (Wildman–Crippen MR) is 149 cm³/mol. The summed E-state index contributed by atoms with van der Waals surface area (Å²) >= 11 is 1.67. The van der Waals surface area contributed by atoms with E-state index in [2.05, 4.69) is 12.1 Å². The average molecular weight is 534 g/mol. The maximum absolute atomic E-state index is 13.9. The summed E-state index contributed by atoms with van der Waals surface area (Å²) in [4.78, 5) is 33.5. The van der Waals surface area contributed by atoms with Crippen molar-refractivity contribution < 1.29 is 23.8 Å². The lowest BCUT2D eigenvalue weighted by atomic mass is 9.69. The largest absolute Gasteiger partial charge is 0.493 e. The molecule has 3 aliphatic rings. The van der Waals surface area contributed by atoms with E-state index >= 15 is 0 Å². The highest BCUT2D eigenvalue weighted by Crippen LogP contribution is 2.48. The number of allylic oxidation sites excluding steroid dienone is 2. The van der Waals surface area contributed by atoms with E-state index in [0.29, 0.717) is 35.6 Å². The molecule has 0 saturated heterocycles. The molecule has 1 saturated carbocycles. The number of nitrogens with zero attached hydrogens (tertiary/aromatic N) is 1. The van der Waals surface area contributed by atoms with Crippen LogP contribution >= 0.6 is 11.8 Å². The fourth-order valence-corrected chi connectivity index (χ4v) is 6.53. The molecule has 7 heteroatoms. The van der Waals surface area contributed by atoms with Gasteiger partial charge in [-0.05, 0) is 86.6 Å². The highest BCUT2D eigenvalue weighted by Gasteiger charge is 2.45. The van der Waals surface area contributed by atoms with Gasteiger partial charge in [-0.25, -0.2) is 0 Å². The highest BCUT2D eigenvalue weighted by molar-refractivity contribution is 7.98. The fraction of sp³-hybridized carbons (Fsp3) is 0.452. The normalized spacial score (nSPS) is 23.6. The Morgan fingerprint density at radius 2 is 1.63 bits per heavy atom. The molecule has 0 amide bonds. The zero-order chi connectivity index (χ0) is 26.8. The number of methoxy groups -OCH3 is 2. The molecule has 6 nitrogen and oxygen atoms in total. The summed E-state index contributed by atoms with van der Waals surface area (Å²) in [6.07, 6.45) is 6.95. The van der Waals surface area contributed by atoms with Gasteiger partial charge in [-0.1, -0.05) is 18.2 Å². The Hall–Kier alpha value is -3.06. The molecule has 0 radical (unpaired) electrons. The van der Waals surface area contributed by atoms with Crippen molar-refractivity contribution in [3.8, 4) is 11.5 Å². The first kappa shape index (κ1) is 26.5. The van der Waals surface area contributed by atoms with Crippen molar-refractivity contribution in [2.24, 2.45) is 10.9 Å². The third-order valence-corrected chi connectivity index (χ3v) is 8.83. The van der Waals surface area contributed by atoms with Gasteiger partial charge in [0.25, 0.3) is 0 Å². The molecule has 2 aromatic rings. The van der Waals surface area contributed by atoms with E-state index in [4.69, 9.17) is 19.2 Å². The van der Waals surface area contributed by atoms with E-state index in [1.807, 2.05) is 43.5 Å². The van der Waals surface area contributed by atoms with Gasteiger partial charge in [0.05, 0.1) is 14.2 Å². The second-order valence-corrected chi connectivity index (χ2v) is 11.2. The third-order valence-electron chi connectivity index (χ3n) is 8.08. The molecule has 2 aliphatic carbocycles. The van der Waals surface area contributed by atoms with Gasteiger partial charge in [0, 0.05) is 34.2 Å². The lowest BCUT2D eigenvalue weighted by molar-refractivity contribution is -0.151. The van der Waals surface area contributed by atoms with Gasteiger partial charge in [0.2, 0.25) is 0 Å². The van der Waals surface area contributed by atoms with Gasteiger partial charge < -0.3 is 14.2 Å². The topological polar surface area (TPSA) is 74.2 Å². The van der Waals surface area contributed by atoms with Crippen LogP contribution in [0.2, 0.25) is 0 Å². The predicted octanol–water partition coefficient (Wildman–Crippen LogP) is 6.49. The molecule has 3 atom stereocenters. The fourth-order valence-electron chi connectivity index (χ4n) is 6.12. The molecule has 200 valence electrons. The van der Waals surface area contributed by atoms with Gasteiger partial charge in [0.1, 0.15) is 12.0 Å². The number of carbonyl (C=O) groups is 2. The third kappa shape index (κ3) is 5.13. The van der Waals surface area contributed by atoms with E-state index in [-0.39, 0.29) is 23.8 Å². The number of ether oxygens (including phenoxy) is 3. The van der Waals surface area contributed by atoms with Gasteiger partial charge >= 0.3 is 5.97 Å². The van der Waals surface area contributed by atoms with Crippen LogP contribution in [-0.4, -0.2) is 44.0 Å². The van der Waals surface area contributed by atoms with Crippen LogP contribution in [0.5, 0.6) is 11.5 Å². The molecule has 2 aromatic carbocycles. The Labute approximate surface area is 228 Å². The number of ketones is 1. The molecule has 1 fully saturated rings. The molecule has 0 N–H and O–H groups in total. The first-order valence-electron chi connectivity index (χ1n) is 13.3. The average Bonchev–Trinajstić information content (AvgIpc) is 3.44. The van der Waals surface area contributed by atoms with Crippen LogP contribution in [0, 0.1) is 5.92 Å². The van der Waals surface area contributed by atoms with Crippen molar-refractivity contribution in [2.45, 2.75) is 68.3 Å². The summed E-state index contributed by atoms with van der Waals surface area (Å²) < 4.78 is 16.9. The van der Waals surface area contributed by atoms with Crippen molar-refractivity contribution in [1.29, 1.82) is 0 Å². The van der Waals surface area contributed by atoms with Crippen molar-refractivity contribution in [1.82, 2.24) is 0 Å². The quantitative estimate of drug-likeness (QED) is 0.299. The zero-order valence-electron chi connectivity index (χ0n) is 22.5. The molecule has 5 rings (SSSR count). The Morgan fingerprint density at radius 1 is 0.947 bits per heavy atom. The Kier molecular flexibility index (Phi) is 7.93. The van der Waals surface area contributed by atoms with E-state index in [0.717, 1.165) is 47.4 Å². The van der Waals surface area contributed by atoms with E-state index in [1.165, 1.54) is 0 Å². The second-order valence-electron chi connectivity index (χ2n) is 10.3. The summed E-state index contributed by atoms with van der Waals surface area (Å²) in [6, 6.07) is 14.0. The highest BCUT2D eigenvalue weighted by atomic mass is 32.2. The molecular formula is C31H35NO5S. The van der Waals surface area contributed by atoms with Crippen molar-refractivity contribution in [3.05, 3.63) is 64.9 Å². The van der Waals surface area contributed by atoms with Crippen molar-refractivity contribution in [3.63, 3.8) is 0 Å². The molecule has 1 unspecified atom stereocenters. The Bertz CT molecular complexity index is 1280. The van der Waals surface area contributed by atoms with Crippen LogP contribution in [-0.2, 0) is 14.3 Å². The lowest BCUT2D eigenvalue weighted by Gasteiger charge is -2.37. The van der Waals surface area contributed by atoms with Crippen molar-refractivity contribution >= 4 is 29.2 Å². The minimum Gasteiger partial charge on any atom is -0.493 e. The smallest absolute Gasteiger partial charge is 0.315 e. The van der Waals surface area contributed by atoms with Crippen LogP contribution in [0.15, 0.2) is 63.6 Å². The lowest BCUT2D eigenvalue weighted by Crippen LogP contribution is -2.39. The zero-order valence-corrected chi connectivity index (χ0v) is 23.3. The number of benzene rings is 2. The van der Waals surface area contributed by atoms with Crippen LogP contribution in [0.25, 0.3) is 0 Å². The van der Waals surface area contributed by atoms with Crippen LogP contribution in [0.1, 0.15) is 68.4 Å². The van der Waals surface area contributed by atoms with E-state index < -0.39 is 11.8 Å². The summed E-state index contributed by atoms with van der Waals surface area (Å²) in [5.41, 5.74) is 4.13. The molecule has 1 aliphatic heterocycles. The maximum Gasteiger partial charge on any atom is 0.315 e. The molecule has 0 spiro atoms. The molecule has 1 heterocycles. The Morgan fingerprint density at radius 3 is 2.29 bits per heavy atom. The van der Waals surface area contributed by atoms with Gasteiger partial charge in [0.15, 0.2) is 17.3 Å². The first-order valence-corrected chi connectivity index (χ1v) is 14.5. The number of rotatable bonds is 7. The summed E-state index contributed by atoms with van der Waals surface area (Å²) in [7, 11) is 3.22. The van der Waals surface area contributed by atoms with E-state index in [9.17, 15) is 9.59 Å². The molecule has 0 aromatic heterocycles. The first-order chi connectivity index (χ1) is 18.4. The van der Waals surface area contributed by atoms with Crippen LogP contribution in [0.3, 0.4) is 0 Å². The Balaban J connectivity index is 1.52. The van der Waals surface area contributed by atoms with Gasteiger partial charge in [-0.3, -0.25) is 14.6 Å². The van der Waals surface area contributed by atoms with Crippen LogP contribution < -0.4 is 9.47 Å². The number of hydrogen-bond acceptors (Lipinski definition) is 7. The standard InChI is InChI=1S/C31H35NO5S/c1-18-28(31(34)37-22-7-5-6-8-22)29(19-9-12-23(38-4)13-10-19)30-24(32-18)15-21(16-25(30)33)20-11-14-26(35-2)27(17-20)36-3/h9-14,17,21-22,28-29H,5-8,15-16H2,1-4H3/t21-,28?,29-/m0/s1. The number of Topliss-reactive ketones (excluding diaryl/α,β-unsaturated/α-hetero) is 1. The minimum absolute atomic E-state index is 0.0286. The molecule has 0 bridgehead atoms. The number of hydrogen-bond donors (Lipinski definition) is 0. The molecular weight excluding hydrogens is 498 g/mol. The van der Waals surface area contributed by atoms with Crippen LogP contribution in [0.4, 0.5) is 0 Å².